The molecule has 0 fully saturated rings. The molecule has 1 aromatic heterocycles. The third kappa shape index (κ3) is 2.01. The molecule has 1 aliphatic rings. The molecule has 2 heterocycles. The number of aliphatic imine (C=N–C) groups is 1. The lowest BCUT2D eigenvalue weighted by molar-refractivity contribution is 0.234. The van der Waals surface area contributed by atoms with E-state index < -0.39 is 0 Å². The molecule has 0 unspecified atom stereocenters. The van der Waals surface area contributed by atoms with Crippen molar-refractivity contribution in [3.63, 3.8) is 0 Å². The van der Waals surface area contributed by atoms with E-state index in [-0.39, 0.29) is 12.1 Å². The number of nitrogens with zero attached hydrogens (tertiary/aromatic N) is 4. The summed E-state index contributed by atoms with van der Waals surface area (Å²) in [4.78, 5) is 14.6. The van der Waals surface area contributed by atoms with E-state index in [0.717, 1.165) is 11.4 Å². The van der Waals surface area contributed by atoms with Crippen LogP contribution in [0.15, 0.2) is 17.3 Å². The van der Waals surface area contributed by atoms with Gasteiger partial charge in [0.05, 0.1) is 17.5 Å². The number of fused-ring (bicyclic) bond motifs is 1. The molecule has 1 aromatic rings. The van der Waals surface area contributed by atoms with Crippen LogP contribution in [0.4, 0.5) is 17.5 Å². The molecule has 0 radical (unpaired) electrons. The van der Waals surface area contributed by atoms with Crippen LogP contribution in [0.1, 0.15) is 20.8 Å². The number of hydrogen-bond donors (Lipinski definition) is 1. The first-order valence-corrected chi connectivity index (χ1v) is 5.72. The number of ether oxygens (including phenoxy) is 1. The Labute approximate surface area is 106 Å². The van der Waals surface area contributed by atoms with Crippen LogP contribution in [0.25, 0.3) is 0 Å². The quantitative estimate of drug-likeness (QED) is 0.863. The molecule has 0 atom stereocenters. The molecule has 0 aromatic carbocycles. The van der Waals surface area contributed by atoms with Gasteiger partial charge in [-0.2, -0.15) is 9.97 Å². The van der Waals surface area contributed by atoms with Crippen LogP contribution in [0.2, 0.25) is 0 Å². The summed E-state index contributed by atoms with van der Waals surface area (Å²) in [7, 11) is 1.87. The average molecular weight is 247 g/mol. The number of rotatable bonds is 2. The Bertz CT molecular complexity index is 536. The summed E-state index contributed by atoms with van der Waals surface area (Å²) in [5, 5.41) is 0. The topological polar surface area (TPSA) is 76.6 Å². The van der Waals surface area contributed by atoms with E-state index in [4.69, 9.17) is 10.5 Å². The second kappa shape index (κ2) is 4.29. The second-order valence-corrected chi connectivity index (χ2v) is 4.43. The van der Waals surface area contributed by atoms with E-state index in [9.17, 15) is 0 Å². The third-order valence-corrected chi connectivity index (χ3v) is 2.62. The van der Waals surface area contributed by atoms with Crippen LogP contribution in [0.5, 0.6) is 5.88 Å². The number of aromatic nitrogens is 2. The maximum absolute atomic E-state index is 5.69. The molecular formula is C12H17N5O. The number of allylic oxidation sites excluding steroid dienone is 1. The van der Waals surface area contributed by atoms with E-state index >= 15 is 0 Å². The lowest BCUT2D eigenvalue weighted by Crippen LogP contribution is -2.26. The van der Waals surface area contributed by atoms with Crippen molar-refractivity contribution in [2.24, 2.45) is 4.99 Å². The van der Waals surface area contributed by atoms with Crippen LogP contribution in [-0.2, 0) is 0 Å². The van der Waals surface area contributed by atoms with E-state index in [0.29, 0.717) is 17.4 Å². The minimum atomic E-state index is -0.00524. The van der Waals surface area contributed by atoms with Crippen molar-refractivity contribution < 1.29 is 4.74 Å². The van der Waals surface area contributed by atoms with Crippen molar-refractivity contribution in [3.05, 3.63) is 12.3 Å². The smallest absolute Gasteiger partial charge is 0.247 e. The van der Waals surface area contributed by atoms with E-state index in [1.165, 1.54) is 0 Å². The van der Waals surface area contributed by atoms with Gasteiger partial charge in [-0.05, 0) is 20.8 Å². The van der Waals surface area contributed by atoms with Crippen LogP contribution >= 0.6 is 0 Å². The zero-order valence-electron chi connectivity index (χ0n) is 11.1. The molecule has 0 spiro atoms. The Hall–Kier alpha value is -2.11. The van der Waals surface area contributed by atoms with Gasteiger partial charge >= 0.3 is 0 Å². The molecule has 0 saturated carbocycles. The highest BCUT2D eigenvalue weighted by molar-refractivity contribution is 6.06. The predicted octanol–water partition coefficient (Wildman–Crippen LogP) is 1.90. The van der Waals surface area contributed by atoms with Crippen molar-refractivity contribution in [2.75, 3.05) is 17.7 Å². The van der Waals surface area contributed by atoms with Gasteiger partial charge in [-0.25, -0.2) is 4.99 Å². The summed E-state index contributed by atoms with van der Waals surface area (Å²) in [6, 6.07) is 0. The van der Waals surface area contributed by atoms with Gasteiger partial charge in [0.25, 0.3) is 0 Å². The Morgan fingerprint density at radius 2 is 2.00 bits per heavy atom. The summed E-state index contributed by atoms with van der Waals surface area (Å²) in [5.41, 5.74) is 7.90. The van der Waals surface area contributed by atoms with Gasteiger partial charge in [-0.15, -0.1) is 0 Å². The summed E-state index contributed by atoms with van der Waals surface area (Å²) >= 11 is 0. The van der Waals surface area contributed by atoms with E-state index in [1.807, 2.05) is 32.7 Å². The highest BCUT2D eigenvalue weighted by Crippen LogP contribution is 2.40. The van der Waals surface area contributed by atoms with Crippen LogP contribution in [0, 0.1) is 0 Å². The molecule has 18 heavy (non-hydrogen) atoms. The lowest BCUT2D eigenvalue weighted by atomic mass is 10.2. The fourth-order valence-corrected chi connectivity index (χ4v) is 1.68. The summed E-state index contributed by atoms with van der Waals surface area (Å²) in [5.74, 6) is 1.19. The maximum Gasteiger partial charge on any atom is 0.247 e. The zero-order chi connectivity index (χ0) is 13.4. The molecule has 0 bridgehead atoms. The van der Waals surface area contributed by atoms with Gasteiger partial charge < -0.3 is 15.4 Å². The summed E-state index contributed by atoms with van der Waals surface area (Å²) < 4.78 is 5.63. The minimum Gasteiger partial charge on any atom is -0.473 e. The van der Waals surface area contributed by atoms with Gasteiger partial charge in [-0.3, -0.25) is 0 Å². The number of anilines is 2. The SMILES string of the molecule is C=C1C(C)=Nc2c(OC(C)C)nc(N)nc2N1C. The van der Waals surface area contributed by atoms with E-state index in [2.05, 4.69) is 21.5 Å². The first-order chi connectivity index (χ1) is 8.40. The van der Waals surface area contributed by atoms with Gasteiger partial charge in [0.2, 0.25) is 11.8 Å². The molecule has 0 aliphatic carbocycles. The van der Waals surface area contributed by atoms with Gasteiger partial charge in [0, 0.05) is 7.05 Å². The molecule has 2 N–H and O–H groups in total. The fourth-order valence-electron chi connectivity index (χ4n) is 1.68. The van der Waals surface area contributed by atoms with Crippen molar-refractivity contribution in [1.82, 2.24) is 9.97 Å². The molecular weight excluding hydrogens is 230 g/mol. The number of nitrogen functional groups attached to an aromatic ring is 1. The largest absolute Gasteiger partial charge is 0.473 e. The Balaban J connectivity index is 2.61. The van der Waals surface area contributed by atoms with E-state index in [1.54, 1.807) is 0 Å². The van der Waals surface area contributed by atoms with Gasteiger partial charge in [-0.1, -0.05) is 6.58 Å². The molecule has 1 aliphatic heterocycles. The second-order valence-electron chi connectivity index (χ2n) is 4.43. The standard InChI is InChI=1S/C12H17N5O/c1-6(2)18-11-9-10(15-12(13)16-11)17(5)8(4)7(3)14-9/h6H,4H2,1-3,5H3,(H2,13,15,16). The van der Waals surface area contributed by atoms with Crippen molar-refractivity contribution in [2.45, 2.75) is 26.9 Å². The molecule has 6 nitrogen and oxygen atoms in total. The predicted molar refractivity (Wildman–Crippen MR) is 72.5 cm³/mol. The van der Waals surface area contributed by atoms with Crippen molar-refractivity contribution in [3.8, 4) is 5.88 Å². The maximum atomic E-state index is 5.69. The molecule has 96 valence electrons. The fraction of sp³-hybridized carbons (Fsp3) is 0.417. The van der Waals surface area contributed by atoms with Crippen molar-refractivity contribution in [1.29, 1.82) is 0 Å². The lowest BCUT2D eigenvalue weighted by Gasteiger charge is -2.27. The summed E-state index contributed by atoms with van der Waals surface area (Å²) in [6.07, 6.45) is -0.00524. The minimum absolute atomic E-state index is 0.00524. The first kappa shape index (κ1) is 12.3. The normalized spacial score (nSPS) is 14.6. The third-order valence-electron chi connectivity index (χ3n) is 2.62. The Kier molecular flexibility index (Phi) is 2.94. The molecule has 0 amide bonds. The monoisotopic (exact) mass is 247 g/mol. The molecule has 0 saturated heterocycles. The molecule has 6 heteroatoms. The van der Waals surface area contributed by atoms with Gasteiger partial charge in [0.15, 0.2) is 11.5 Å². The van der Waals surface area contributed by atoms with Crippen LogP contribution in [-0.4, -0.2) is 28.8 Å². The van der Waals surface area contributed by atoms with Crippen molar-refractivity contribution >= 4 is 23.2 Å². The van der Waals surface area contributed by atoms with Crippen LogP contribution in [0.3, 0.4) is 0 Å². The van der Waals surface area contributed by atoms with Gasteiger partial charge in [0.1, 0.15) is 0 Å². The molecule has 2 rings (SSSR count). The van der Waals surface area contributed by atoms with Crippen LogP contribution < -0.4 is 15.4 Å². The first-order valence-electron chi connectivity index (χ1n) is 5.72. The number of nitrogens with two attached hydrogens (primary N) is 1. The Morgan fingerprint density at radius 3 is 2.61 bits per heavy atom. The highest BCUT2D eigenvalue weighted by Gasteiger charge is 2.25. The average Bonchev–Trinajstić information content (AvgIpc) is 2.27. The Morgan fingerprint density at radius 1 is 1.33 bits per heavy atom. The summed E-state index contributed by atoms with van der Waals surface area (Å²) in [6.45, 7) is 9.68. The number of hydrogen-bond acceptors (Lipinski definition) is 6. The zero-order valence-corrected chi connectivity index (χ0v) is 11.1. The highest BCUT2D eigenvalue weighted by atomic mass is 16.5.